The molecule has 1 saturated heterocycles. The molecule has 3 N–H and O–H groups in total. The molecule has 7 nitrogen and oxygen atoms in total. The number of morpholine rings is 1. The molecular formula is C15H23N3O4S. The molecule has 2 amide bonds. The van der Waals surface area contributed by atoms with Crippen molar-refractivity contribution in [1.82, 2.24) is 10.2 Å². The molecule has 1 aliphatic heterocycles. The number of amides is 2. The zero-order valence-corrected chi connectivity index (χ0v) is 14.0. The van der Waals surface area contributed by atoms with Crippen LogP contribution in [0.2, 0.25) is 0 Å². The van der Waals surface area contributed by atoms with E-state index in [2.05, 4.69) is 5.32 Å². The molecule has 0 saturated carbocycles. The molecule has 0 unspecified atom stereocenters. The zero-order chi connectivity index (χ0) is 16.9. The quantitative estimate of drug-likeness (QED) is 0.827. The SMILES string of the molecule is CC[C@H]1CN(C(=O)NCc2ccc(CS(N)(=O)=O)cc2)CCO1. The van der Waals surface area contributed by atoms with E-state index < -0.39 is 10.0 Å². The molecule has 8 heteroatoms. The number of primary sulfonamides is 1. The largest absolute Gasteiger partial charge is 0.375 e. The standard InChI is InChI=1S/C15H23N3O4S/c1-2-14-10-18(7-8-22-14)15(19)17-9-12-3-5-13(6-4-12)11-23(16,20)21/h3-6,14H,2,7-11H2,1H3,(H,17,19)(H2,16,20,21)/t14-/m0/s1. The summed E-state index contributed by atoms with van der Waals surface area (Å²) in [5.74, 6) is -0.189. The Morgan fingerprint density at radius 3 is 2.61 bits per heavy atom. The van der Waals surface area contributed by atoms with Crippen LogP contribution in [0.4, 0.5) is 4.79 Å². The number of ether oxygens (including phenoxy) is 1. The summed E-state index contributed by atoms with van der Waals surface area (Å²) in [6, 6.07) is 6.87. The molecule has 0 spiro atoms. The summed E-state index contributed by atoms with van der Waals surface area (Å²) in [5, 5.41) is 7.88. The third-order valence-electron chi connectivity index (χ3n) is 3.72. The van der Waals surface area contributed by atoms with Crippen LogP contribution >= 0.6 is 0 Å². The Bertz CT molecular complexity index is 631. The first kappa shape index (κ1) is 17.7. The maximum atomic E-state index is 12.2. The van der Waals surface area contributed by atoms with Crippen LogP contribution in [0, 0.1) is 0 Å². The van der Waals surface area contributed by atoms with E-state index in [4.69, 9.17) is 9.88 Å². The van der Waals surface area contributed by atoms with E-state index in [0.717, 1.165) is 12.0 Å². The number of sulfonamides is 1. The minimum atomic E-state index is -3.53. The van der Waals surface area contributed by atoms with Gasteiger partial charge in [-0.3, -0.25) is 0 Å². The van der Waals surface area contributed by atoms with Gasteiger partial charge in [0, 0.05) is 19.6 Å². The number of rotatable bonds is 5. The molecule has 1 aromatic rings. The number of carbonyl (C=O) groups is 1. The lowest BCUT2D eigenvalue weighted by atomic mass is 10.1. The molecule has 0 bridgehead atoms. The van der Waals surface area contributed by atoms with Crippen molar-refractivity contribution in [3.63, 3.8) is 0 Å². The van der Waals surface area contributed by atoms with E-state index in [9.17, 15) is 13.2 Å². The summed E-state index contributed by atoms with van der Waals surface area (Å²) in [7, 11) is -3.53. The summed E-state index contributed by atoms with van der Waals surface area (Å²) in [6.07, 6.45) is 0.988. The summed E-state index contributed by atoms with van der Waals surface area (Å²) >= 11 is 0. The van der Waals surface area contributed by atoms with Gasteiger partial charge in [-0.25, -0.2) is 18.4 Å². The second-order valence-corrected chi connectivity index (χ2v) is 7.24. The minimum Gasteiger partial charge on any atom is -0.375 e. The first-order chi connectivity index (χ1) is 10.9. The Kier molecular flexibility index (Phi) is 5.97. The van der Waals surface area contributed by atoms with Gasteiger partial charge in [-0.2, -0.15) is 0 Å². The van der Waals surface area contributed by atoms with Gasteiger partial charge in [0.2, 0.25) is 10.0 Å². The molecular weight excluding hydrogens is 318 g/mol. The average Bonchev–Trinajstić information content (AvgIpc) is 2.52. The fourth-order valence-corrected chi connectivity index (χ4v) is 3.08. The number of hydrogen-bond acceptors (Lipinski definition) is 4. The van der Waals surface area contributed by atoms with Crippen LogP contribution in [0.5, 0.6) is 0 Å². The molecule has 2 rings (SSSR count). The van der Waals surface area contributed by atoms with Crippen molar-refractivity contribution in [3.8, 4) is 0 Å². The smallest absolute Gasteiger partial charge is 0.317 e. The van der Waals surface area contributed by atoms with E-state index in [0.29, 0.717) is 31.8 Å². The predicted molar refractivity (Wildman–Crippen MR) is 87.1 cm³/mol. The zero-order valence-electron chi connectivity index (χ0n) is 13.2. The van der Waals surface area contributed by atoms with E-state index in [1.54, 1.807) is 29.2 Å². The Labute approximate surface area is 136 Å². The van der Waals surface area contributed by atoms with Gasteiger partial charge in [-0.15, -0.1) is 0 Å². The topological polar surface area (TPSA) is 102 Å². The monoisotopic (exact) mass is 341 g/mol. The number of hydrogen-bond donors (Lipinski definition) is 2. The summed E-state index contributed by atoms with van der Waals surface area (Å²) in [6.45, 7) is 4.19. The third-order valence-corrected chi connectivity index (χ3v) is 4.45. The highest BCUT2D eigenvalue weighted by Crippen LogP contribution is 2.10. The maximum Gasteiger partial charge on any atom is 0.317 e. The van der Waals surface area contributed by atoms with Gasteiger partial charge >= 0.3 is 6.03 Å². The molecule has 128 valence electrons. The number of carbonyl (C=O) groups excluding carboxylic acids is 1. The van der Waals surface area contributed by atoms with E-state index >= 15 is 0 Å². The van der Waals surface area contributed by atoms with Gasteiger partial charge in [-0.05, 0) is 17.5 Å². The van der Waals surface area contributed by atoms with Crippen LogP contribution in [-0.2, 0) is 27.1 Å². The van der Waals surface area contributed by atoms with Gasteiger partial charge in [0.05, 0.1) is 18.5 Å². The number of nitrogens with zero attached hydrogens (tertiary/aromatic N) is 1. The lowest BCUT2D eigenvalue weighted by Crippen LogP contribution is -2.49. The van der Waals surface area contributed by atoms with Gasteiger partial charge < -0.3 is 15.0 Å². The Morgan fingerprint density at radius 2 is 2.00 bits per heavy atom. The molecule has 1 fully saturated rings. The normalized spacial score (nSPS) is 18.7. The fraction of sp³-hybridized carbons (Fsp3) is 0.533. The first-order valence-electron chi connectivity index (χ1n) is 7.60. The average molecular weight is 341 g/mol. The fourth-order valence-electron chi connectivity index (χ4n) is 2.43. The molecule has 0 aliphatic carbocycles. The van der Waals surface area contributed by atoms with Crippen LogP contribution in [0.15, 0.2) is 24.3 Å². The molecule has 1 atom stereocenters. The highest BCUT2D eigenvalue weighted by atomic mass is 32.2. The molecule has 1 heterocycles. The number of benzene rings is 1. The van der Waals surface area contributed by atoms with Crippen molar-refractivity contribution in [2.75, 3.05) is 19.7 Å². The molecule has 1 aliphatic rings. The lowest BCUT2D eigenvalue weighted by molar-refractivity contribution is -0.0154. The van der Waals surface area contributed by atoms with Gasteiger partial charge in [0.25, 0.3) is 0 Å². The van der Waals surface area contributed by atoms with Crippen molar-refractivity contribution >= 4 is 16.1 Å². The van der Waals surface area contributed by atoms with Crippen LogP contribution in [0.25, 0.3) is 0 Å². The van der Waals surface area contributed by atoms with Gasteiger partial charge in [0.15, 0.2) is 0 Å². The number of nitrogens with one attached hydrogen (secondary N) is 1. The van der Waals surface area contributed by atoms with Crippen molar-refractivity contribution < 1.29 is 17.9 Å². The second kappa shape index (κ2) is 7.76. The Balaban J connectivity index is 1.84. The number of urea groups is 1. The summed E-state index contributed by atoms with van der Waals surface area (Å²) in [5.41, 5.74) is 1.53. The summed E-state index contributed by atoms with van der Waals surface area (Å²) < 4.78 is 27.6. The Hall–Kier alpha value is -1.64. The second-order valence-electron chi connectivity index (χ2n) is 5.63. The summed E-state index contributed by atoms with van der Waals surface area (Å²) in [4.78, 5) is 13.9. The lowest BCUT2D eigenvalue weighted by Gasteiger charge is -2.32. The van der Waals surface area contributed by atoms with E-state index in [1.165, 1.54) is 0 Å². The molecule has 0 radical (unpaired) electrons. The number of nitrogens with two attached hydrogens (primary N) is 1. The van der Waals surface area contributed by atoms with Crippen molar-refractivity contribution in [2.24, 2.45) is 5.14 Å². The van der Waals surface area contributed by atoms with E-state index in [-0.39, 0.29) is 17.9 Å². The van der Waals surface area contributed by atoms with Crippen molar-refractivity contribution in [3.05, 3.63) is 35.4 Å². The molecule has 23 heavy (non-hydrogen) atoms. The van der Waals surface area contributed by atoms with Crippen LogP contribution in [-0.4, -0.2) is 45.1 Å². The maximum absolute atomic E-state index is 12.2. The minimum absolute atomic E-state index is 0.104. The van der Waals surface area contributed by atoms with Crippen molar-refractivity contribution in [2.45, 2.75) is 31.7 Å². The predicted octanol–water partition coefficient (Wildman–Crippen LogP) is 0.796. The molecule has 1 aromatic carbocycles. The Morgan fingerprint density at radius 1 is 1.35 bits per heavy atom. The van der Waals surface area contributed by atoms with E-state index in [1.807, 2.05) is 6.92 Å². The van der Waals surface area contributed by atoms with Crippen LogP contribution < -0.4 is 10.5 Å². The first-order valence-corrected chi connectivity index (χ1v) is 9.31. The van der Waals surface area contributed by atoms with Crippen LogP contribution in [0.1, 0.15) is 24.5 Å². The third kappa shape index (κ3) is 5.81. The molecule has 0 aromatic heterocycles. The highest BCUT2D eigenvalue weighted by Gasteiger charge is 2.22. The van der Waals surface area contributed by atoms with Gasteiger partial charge in [0.1, 0.15) is 0 Å². The van der Waals surface area contributed by atoms with Gasteiger partial charge in [-0.1, -0.05) is 31.2 Å². The van der Waals surface area contributed by atoms with Crippen molar-refractivity contribution in [1.29, 1.82) is 0 Å². The van der Waals surface area contributed by atoms with Crippen LogP contribution in [0.3, 0.4) is 0 Å². The highest BCUT2D eigenvalue weighted by molar-refractivity contribution is 7.88.